The molecule has 2 aliphatic rings. The number of nitrogens with zero attached hydrogens (tertiary/aromatic N) is 3. The molecule has 0 aromatic rings. The fourth-order valence-electron chi connectivity index (χ4n) is 3.91. The number of ether oxygens (including phenoxy) is 2. The number of likely N-dealkylation sites (N-methyl/N-ethyl adjacent to an activating group) is 2. The van der Waals surface area contributed by atoms with Crippen LogP contribution in [0.3, 0.4) is 0 Å². The molecule has 33 heavy (non-hydrogen) atoms. The van der Waals surface area contributed by atoms with Crippen LogP contribution in [0.15, 0.2) is 22.8 Å². The summed E-state index contributed by atoms with van der Waals surface area (Å²) in [5.41, 5.74) is 2.62. The SMILES string of the molecule is CC.CC(C)C1=C(C(C)(C)C)OCC(CN(C)C)O1.CCC1=C(C)CCN1C(=O)CN(C)C. The van der Waals surface area contributed by atoms with Crippen molar-refractivity contribution in [3.8, 4) is 0 Å². The summed E-state index contributed by atoms with van der Waals surface area (Å²) in [7, 11) is 7.97. The highest BCUT2D eigenvalue weighted by Gasteiger charge is 2.32. The van der Waals surface area contributed by atoms with Crippen molar-refractivity contribution in [1.29, 1.82) is 0 Å². The average Bonchev–Trinajstić information content (AvgIpc) is 3.08. The van der Waals surface area contributed by atoms with Gasteiger partial charge in [-0.2, -0.15) is 0 Å². The van der Waals surface area contributed by atoms with E-state index < -0.39 is 0 Å². The Labute approximate surface area is 205 Å². The maximum Gasteiger partial charge on any atom is 0.240 e. The van der Waals surface area contributed by atoms with Gasteiger partial charge >= 0.3 is 0 Å². The zero-order valence-corrected chi connectivity index (χ0v) is 24.0. The first-order valence-electron chi connectivity index (χ1n) is 12.6. The molecule has 0 aliphatic carbocycles. The number of allylic oxidation sites excluding steroid dienone is 3. The Hall–Kier alpha value is -1.53. The minimum Gasteiger partial charge on any atom is -0.490 e. The predicted octanol–water partition coefficient (Wildman–Crippen LogP) is 5.37. The van der Waals surface area contributed by atoms with Gasteiger partial charge in [-0.15, -0.1) is 0 Å². The van der Waals surface area contributed by atoms with Gasteiger partial charge in [0.25, 0.3) is 0 Å². The molecule has 2 heterocycles. The topological polar surface area (TPSA) is 45.3 Å². The van der Waals surface area contributed by atoms with Crippen LogP contribution in [0.4, 0.5) is 0 Å². The van der Waals surface area contributed by atoms with Crippen molar-refractivity contribution >= 4 is 5.91 Å². The van der Waals surface area contributed by atoms with Crippen LogP contribution in [0.2, 0.25) is 0 Å². The summed E-state index contributed by atoms with van der Waals surface area (Å²) in [6, 6.07) is 0. The minimum atomic E-state index is 0.0166. The Morgan fingerprint density at radius 1 is 1.12 bits per heavy atom. The average molecular weight is 468 g/mol. The van der Waals surface area contributed by atoms with Gasteiger partial charge in [0.05, 0.1) is 6.54 Å². The molecule has 2 rings (SSSR count). The highest BCUT2D eigenvalue weighted by molar-refractivity contribution is 5.80. The van der Waals surface area contributed by atoms with Crippen molar-refractivity contribution in [1.82, 2.24) is 14.7 Å². The van der Waals surface area contributed by atoms with E-state index in [1.165, 1.54) is 11.3 Å². The van der Waals surface area contributed by atoms with Crippen molar-refractivity contribution in [3.63, 3.8) is 0 Å². The Morgan fingerprint density at radius 2 is 1.70 bits per heavy atom. The van der Waals surface area contributed by atoms with Gasteiger partial charge in [0.15, 0.2) is 0 Å². The van der Waals surface area contributed by atoms with Gasteiger partial charge in [-0.25, -0.2) is 0 Å². The van der Waals surface area contributed by atoms with E-state index in [4.69, 9.17) is 9.47 Å². The normalized spacial score (nSPS) is 18.7. The lowest BCUT2D eigenvalue weighted by atomic mass is 9.90. The van der Waals surface area contributed by atoms with Crippen molar-refractivity contribution in [2.75, 3.05) is 54.4 Å². The second kappa shape index (κ2) is 14.7. The van der Waals surface area contributed by atoms with Crippen molar-refractivity contribution < 1.29 is 14.3 Å². The molecule has 0 radical (unpaired) electrons. The zero-order chi connectivity index (χ0) is 25.9. The smallest absolute Gasteiger partial charge is 0.240 e. The monoisotopic (exact) mass is 467 g/mol. The summed E-state index contributed by atoms with van der Waals surface area (Å²) in [4.78, 5) is 17.8. The van der Waals surface area contributed by atoms with Crippen molar-refractivity contribution in [2.24, 2.45) is 11.3 Å². The quantitative estimate of drug-likeness (QED) is 0.526. The van der Waals surface area contributed by atoms with E-state index in [1.54, 1.807) is 0 Å². The summed E-state index contributed by atoms with van der Waals surface area (Å²) in [6.07, 6.45) is 2.15. The second-order valence-corrected chi connectivity index (χ2v) is 10.5. The molecule has 2 aliphatic heterocycles. The Morgan fingerprint density at radius 3 is 2.12 bits per heavy atom. The third kappa shape index (κ3) is 10.5. The Balaban J connectivity index is 0.000000586. The van der Waals surface area contributed by atoms with E-state index in [1.807, 2.05) is 37.7 Å². The molecular formula is C27H53N3O3. The molecule has 0 saturated carbocycles. The van der Waals surface area contributed by atoms with E-state index in [2.05, 4.69) is 67.5 Å². The Bertz CT molecular complexity index is 658. The van der Waals surface area contributed by atoms with Crippen LogP contribution in [0.25, 0.3) is 0 Å². The first kappa shape index (κ1) is 31.5. The molecule has 0 fully saturated rings. The van der Waals surface area contributed by atoms with Crippen LogP contribution in [-0.2, 0) is 14.3 Å². The molecule has 0 N–H and O–H groups in total. The van der Waals surface area contributed by atoms with Gasteiger partial charge in [0.1, 0.15) is 24.2 Å². The fourth-order valence-corrected chi connectivity index (χ4v) is 3.91. The number of amides is 1. The number of carbonyl (C=O) groups is 1. The maximum absolute atomic E-state index is 11.8. The summed E-state index contributed by atoms with van der Waals surface area (Å²) in [6.45, 7) is 22.0. The third-order valence-corrected chi connectivity index (χ3v) is 5.32. The van der Waals surface area contributed by atoms with Gasteiger partial charge in [-0.3, -0.25) is 4.79 Å². The molecule has 1 unspecified atom stereocenters. The number of hydrogen-bond acceptors (Lipinski definition) is 5. The first-order valence-corrected chi connectivity index (χ1v) is 12.6. The van der Waals surface area contributed by atoms with E-state index in [-0.39, 0.29) is 17.4 Å². The standard InChI is InChI=1S/C14H27NO2.C11H20N2O.C2H6/c1-10(2)12-13(14(3,4)5)16-9-11(17-12)8-15(6)7;1-5-10-9(2)6-7-13(10)11(14)8-12(3)4;1-2/h10-11H,8-9H2,1-7H3;5-8H2,1-4H3;1-2H3. The highest BCUT2D eigenvalue weighted by atomic mass is 16.6. The molecule has 0 spiro atoms. The lowest BCUT2D eigenvalue weighted by Gasteiger charge is -2.36. The summed E-state index contributed by atoms with van der Waals surface area (Å²) < 4.78 is 12.1. The fraction of sp³-hybridized carbons (Fsp3) is 0.815. The van der Waals surface area contributed by atoms with Gasteiger partial charge < -0.3 is 24.2 Å². The molecule has 0 saturated heterocycles. The molecule has 1 atom stereocenters. The second-order valence-electron chi connectivity index (χ2n) is 10.5. The molecule has 0 bridgehead atoms. The minimum absolute atomic E-state index is 0.0166. The van der Waals surface area contributed by atoms with Crippen LogP contribution < -0.4 is 0 Å². The van der Waals surface area contributed by atoms with Gasteiger partial charge in [0.2, 0.25) is 5.91 Å². The molecule has 6 heteroatoms. The van der Waals surface area contributed by atoms with Crippen molar-refractivity contribution in [3.05, 3.63) is 22.8 Å². The summed E-state index contributed by atoms with van der Waals surface area (Å²) in [5.74, 6) is 2.64. The van der Waals surface area contributed by atoms with Crippen LogP contribution >= 0.6 is 0 Å². The van der Waals surface area contributed by atoms with Crippen molar-refractivity contribution in [2.45, 2.75) is 81.3 Å². The largest absolute Gasteiger partial charge is 0.490 e. The number of carbonyl (C=O) groups excluding carboxylic acids is 1. The molecule has 194 valence electrons. The third-order valence-electron chi connectivity index (χ3n) is 5.32. The first-order chi connectivity index (χ1) is 15.3. The van der Waals surface area contributed by atoms with Gasteiger partial charge in [0, 0.05) is 30.1 Å². The molecule has 6 nitrogen and oxygen atoms in total. The van der Waals surface area contributed by atoms with Crippen LogP contribution in [0.5, 0.6) is 0 Å². The van der Waals surface area contributed by atoms with E-state index in [9.17, 15) is 4.79 Å². The van der Waals surface area contributed by atoms with Gasteiger partial charge in [-0.05, 0) is 48.0 Å². The van der Waals surface area contributed by atoms with Gasteiger partial charge in [-0.1, -0.05) is 61.0 Å². The van der Waals surface area contributed by atoms with E-state index in [0.717, 1.165) is 37.4 Å². The van der Waals surface area contributed by atoms with Crippen LogP contribution in [0.1, 0.15) is 75.2 Å². The highest BCUT2D eigenvalue weighted by Crippen LogP contribution is 2.36. The van der Waals surface area contributed by atoms with E-state index >= 15 is 0 Å². The predicted molar refractivity (Wildman–Crippen MR) is 140 cm³/mol. The lowest BCUT2D eigenvalue weighted by Crippen LogP contribution is -2.37. The molecular weight excluding hydrogens is 414 g/mol. The molecule has 0 aromatic carbocycles. The van der Waals surface area contributed by atoms with Crippen LogP contribution in [-0.4, -0.2) is 81.1 Å². The number of rotatable bonds is 6. The van der Waals surface area contributed by atoms with E-state index in [0.29, 0.717) is 19.1 Å². The molecule has 1 amide bonds. The summed E-state index contributed by atoms with van der Waals surface area (Å²) in [5, 5.41) is 0. The molecule has 0 aromatic heterocycles. The maximum atomic E-state index is 11.8. The van der Waals surface area contributed by atoms with Crippen LogP contribution in [0, 0.1) is 11.3 Å². The summed E-state index contributed by atoms with van der Waals surface area (Å²) >= 11 is 0. The zero-order valence-electron chi connectivity index (χ0n) is 24.0. The Kier molecular flexibility index (Phi) is 14.0. The lowest BCUT2D eigenvalue weighted by molar-refractivity contribution is -0.129. The number of hydrogen-bond donors (Lipinski definition) is 0.